The zero-order valence-corrected chi connectivity index (χ0v) is 84.2. The van der Waals surface area contributed by atoms with Gasteiger partial charge in [0.25, 0.3) is 0 Å². The number of aliphatic hydroxyl groups is 2. The number of thiocarbonyl (C=S) groups is 1. The van der Waals surface area contributed by atoms with Crippen LogP contribution < -0.4 is 54.8 Å². The highest BCUT2D eigenvalue weighted by molar-refractivity contribution is 14.0. The van der Waals surface area contributed by atoms with E-state index in [-0.39, 0.29) is 79.6 Å². The molecular formula is C87H124Cl8IN21O8S3. The number of hydrogen-bond acceptors (Lipinski definition) is 29. The summed E-state index contributed by atoms with van der Waals surface area (Å²) in [6.45, 7) is 37.0. The molecule has 1 amide bonds. The monoisotopic (exact) mass is 2090 g/mol. The maximum atomic E-state index is 12.8. The van der Waals surface area contributed by atoms with Gasteiger partial charge in [-0.15, -0.1) is 24.0 Å². The van der Waals surface area contributed by atoms with Crippen LogP contribution in [0.15, 0.2) is 116 Å². The SMILES string of the molecule is C.C1CCOC1.CCCC(=O)Nc1c(C)cccc1Cl.CCCN1CCN(c2cc(Nc3ncc(C(=O)Cc4c(C)cccc4Cl)s3)nc(C)n2)CC1.CCO/C=C/C(=O)Cl.Cc1cccc(Cl)c1CC(=O)c1cnc(N)s1.Cc1cccc(Cl)c1N.Cc1nc(Cl)cc(Cl)n1.Cc1nc(Cl)cc(N2CCN(CCO)CC2)n1.I.N.NC(N)=S.OCCN1CCNCC1. The molecule has 4 saturated heterocycles. The van der Waals surface area contributed by atoms with Gasteiger partial charge in [-0.05, 0) is 169 Å². The fourth-order valence-corrected chi connectivity index (χ4v) is 15.0. The molecule has 0 aliphatic carbocycles. The molecule has 4 aliphatic heterocycles. The normalized spacial score (nSPS) is 13.2. The third-order valence-corrected chi connectivity index (χ3v) is 22.0. The molecule has 0 unspecified atom stereocenters. The van der Waals surface area contributed by atoms with Gasteiger partial charge in [-0.2, -0.15) is 0 Å². The Morgan fingerprint density at radius 3 is 1.42 bits per heavy atom. The van der Waals surface area contributed by atoms with E-state index >= 15 is 0 Å². The van der Waals surface area contributed by atoms with Crippen molar-refractivity contribution in [1.29, 1.82) is 0 Å². The van der Waals surface area contributed by atoms with E-state index in [0.717, 1.165) is 175 Å². The molecule has 0 atom stereocenters. The summed E-state index contributed by atoms with van der Waals surface area (Å²) >= 11 is 52.5. The van der Waals surface area contributed by atoms with Crippen molar-refractivity contribution in [2.75, 3.05) is 163 Å². The second-order valence-corrected chi connectivity index (χ2v) is 33.7. The summed E-state index contributed by atoms with van der Waals surface area (Å²) in [5.74, 6) is 4.50. The Bertz CT molecular complexity index is 4630. The number of nitrogen functional groups attached to an aromatic ring is 2. The van der Waals surface area contributed by atoms with Gasteiger partial charge in [-0.25, -0.2) is 39.9 Å². The van der Waals surface area contributed by atoms with Crippen molar-refractivity contribution in [2.45, 2.75) is 122 Å². The third kappa shape index (κ3) is 48.3. The summed E-state index contributed by atoms with van der Waals surface area (Å²) in [6.07, 6.45) is 11.2. The number of carbonyl (C=O) groups is 4. The van der Waals surface area contributed by atoms with Crippen molar-refractivity contribution in [1.82, 2.24) is 66.0 Å². The number of nitrogens with zero attached hydrogens (tertiary/aromatic N) is 13. The number of Topliss-reactive ketones (excluding diaryl/α,β-unsaturated/α-hetero) is 2. The second kappa shape index (κ2) is 67.1. The maximum Gasteiger partial charge on any atom is 0.248 e. The van der Waals surface area contributed by atoms with Crippen molar-refractivity contribution in [3.05, 3.63) is 212 Å². The predicted octanol–water partition coefficient (Wildman–Crippen LogP) is 17.9. The number of aromatic nitrogens is 8. The first-order valence-electron chi connectivity index (χ1n) is 40.4. The number of ketones is 2. The van der Waals surface area contributed by atoms with Gasteiger partial charge in [0, 0.05) is 158 Å². The molecule has 4 aliphatic rings. The molecule has 41 heteroatoms. The van der Waals surface area contributed by atoms with E-state index in [1.54, 1.807) is 37.4 Å². The van der Waals surface area contributed by atoms with Crippen LogP contribution in [0.5, 0.6) is 0 Å². The quantitative estimate of drug-likeness (QED) is 0.00440. The minimum atomic E-state index is -0.515. The molecule has 0 saturated carbocycles. The number of piperazine rings is 3. The van der Waals surface area contributed by atoms with Crippen LogP contribution in [0.4, 0.5) is 39.1 Å². The molecule has 13 rings (SSSR count). The van der Waals surface area contributed by atoms with Crippen LogP contribution in [0, 0.1) is 48.5 Å². The topological polar surface area (TPSA) is 422 Å². The average Bonchev–Trinajstić information content (AvgIpc) is 1.81. The molecule has 0 bridgehead atoms. The fraction of sp³-hybridized carbons (Fsp3) is 0.437. The van der Waals surface area contributed by atoms with E-state index in [1.807, 2.05) is 116 Å². The van der Waals surface area contributed by atoms with Gasteiger partial charge < -0.3 is 74.5 Å². The van der Waals surface area contributed by atoms with Crippen molar-refractivity contribution in [3.8, 4) is 0 Å². The number of ether oxygens (including phenoxy) is 2. The Balaban J connectivity index is 0.000000753. The summed E-state index contributed by atoms with van der Waals surface area (Å²) in [4.78, 5) is 92.2. The van der Waals surface area contributed by atoms with Gasteiger partial charge in [0.15, 0.2) is 26.9 Å². The second-order valence-electron chi connectivity index (χ2n) is 28.0. The number of allylic oxidation sites excluding steroid dienone is 1. The van der Waals surface area contributed by atoms with E-state index in [1.165, 1.54) is 60.5 Å². The first kappa shape index (κ1) is 119. The maximum absolute atomic E-state index is 12.8. The Kier molecular flexibility index (Phi) is 62.3. The highest BCUT2D eigenvalue weighted by Gasteiger charge is 2.22. The lowest BCUT2D eigenvalue weighted by atomic mass is 10.0. The molecule has 4 aromatic carbocycles. The van der Waals surface area contributed by atoms with E-state index in [0.29, 0.717) is 104 Å². The van der Waals surface area contributed by atoms with Crippen molar-refractivity contribution < 1.29 is 38.9 Å². The number of carbonyl (C=O) groups excluding carboxylic acids is 4. The standard InChI is InChI=1S/C24H29ClN6OS.C12H11ClN2OS.C11H17ClN4O.C11H14ClNO.C7H8ClN.C6H14N2O.C5H4Cl2N2.C5H7ClO2.C4H8O.CH4N2S.CH4.HI.H3N/c1-4-8-30-9-11-31(12-10-30)23-14-22(27-17(3)28-23)29-24-26-15-21(33-24)20(32)13-18-16(2)6-5-7-19(18)25;1-7-3-2-4-9(13)8(7)5-10(16)11-6-15-12(14)17-11;1-9-13-10(12)8-11(14-9)16-4-2-15(3-5-16)6-7-17;1-3-5-10(14)13-11-8(2)6-4-7-9(11)12;1-5-3-2-4-6(8)7(5)9;9-6-5-8-3-1-7-2-4-8;1-3-8-4(6)2-5(7)9-3;1-2-8-4-3-5(6)7;1-2-4-5-3-1;2-1(3)4;;;/h5-7,14-15H,4,8-13H2,1-3H3,(H,26,27,28,29);2-4,6H,5H2,1H3,(H2,14,15);8,17H,2-7H2,1H3;4,6-7H,3,5H2,1-2H3,(H,13,14);2-4H,9H2,1H3;7,9H,1-6H2;2H,1H3;3-4H,2H2,1H3;1-4H2;(H4,2,3,4);1H4;1H;1H3/b;;;;;;;4-3+;;;;;. The predicted molar refractivity (Wildman–Crippen MR) is 547 cm³/mol. The third-order valence-electron chi connectivity index (χ3n) is 18.1. The van der Waals surface area contributed by atoms with Crippen LogP contribution in [0.3, 0.4) is 0 Å². The number of aliphatic hydroxyl groups excluding tert-OH is 2. The average molecular weight is 2100 g/mol. The summed E-state index contributed by atoms with van der Waals surface area (Å²) in [6, 6.07) is 27.7. The number of nitrogens with one attached hydrogen (secondary N) is 3. The number of aryl methyl sites for hydroxylation is 7. The minimum Gasteiger partial charge on any atom is -0.501 e. The van der Waals surface area contributed by atoms with Crippen molar-refractivity contribution in [2.24, 2.45) is 11.5 Å². The molecule has 128 heavy (non-hydrogen) atoms. The van der Waals surface area contributed by atoms with Crippen LogP contribution in [0.25, 0.3) is 0 Å². The number of β-amino-alcohol motifs (C(OH)–C–C–N with tert-alkyl or cyclic N) is 2. The van der Waals surface area contributed by atoms with E-state index in [9.17, 15) is 19.2 Å². The van der Waals surface area contributed by atoms with Gasteiger partial charge in [0.05, 0.1) is 69.7 Å². The molecule has 29 nitrogen and oxygen atoms in total. The van der Waals surface area contributed by atoms with Gasteiger partial charge in [-0.3, -0.25) is 33.9 Å². The largest absolute Gasteiger partial charge is 0.501 e. The Morgan fingerprint density at radius 2 is 1.01 bits per heavy atom. The molecule has 16 N–H and O–H groups in total. The number of rotatable bonds is 22. The lowest BCUT2D eigenvalue weighted by Gasteiger charge is -2.35. The van der Waals surface area contributed by atoms with Crippen LogP contribution in [0.2, 0.25) is 35.5 Å². The lowest BCUT2D eigenvalue weighted by Crippen LogP contribution is -2.47. The molecule has 0 radical (unpaired) electrons. The number of benzene rings is 4. The molecule has 706 valence electrons. The first-order chi connectivity index (χ1) is 59.7. The highest BCUT2D eigenvalue weighted by Crippen LogP contribution is 2.30. The van der Waals surface area contributed by atoms with E-state index in [4.69, 9.17) is 119 Å². The van der Waals surface area contributed by atoms with Crippen LogP contribution in [-0.4, -0.2) is 224 Å². The van der Waals surface area contributed by atoms with Gasteiger partial charge in [0.1, 0.15) is 50.4 Å². The molecule has 5 aromatic heterocycles. The fourth-order valence-electron chi connectivity index (χ4n) is 11.7. The Hall–Kier alpha value is -7.18. The zero-order valence-electron chi connectivity index (χ0n) is 73.4. The first-order valence-corrected chi connectivity index (χ1v) is 45.5. The number of halogens is 9. The smallest absolute Gasteiger partial charge is 0.248 e. The number of nitrogens with two attached hydrogens (primary N) is 4. The van der Waals surface area contributed by atoms with E-state index in [2.05, 4.69) is 116 Å². The molecular weight excluding hydrogens is 1970 g/mol. The van der Waals surface area contributed by atoms with Crippen LogP contribution in [0.1, 0.15) is 130 Å². The van der Waals surface area contributed by atoms with Gasteiger partial charge >= 0.3 is 0 Å². The molecule has 4 fully saturated rings. The summed E-state index contributed by atoms with van der Waals surface area (Å²) < 4.78 is 9.60. The van der Waals surface area contributed by atoms with Crippen LogP contribution >= 0.6 is 152 Å². The lowest BCUT2D eigenvalue weighted by molar-refractivity contribution is -0.116. The molecule has 0 spiro atoms. The van der Waals surface area contributed by atoms with Crippen molar-refractivity contribution in [3.63, 3.8) is 0 Å². The Morgan fingerprint density at radius 1 is 0.570 bits per heavy atom. The number of amides is 1. The highest BCUT2D eigenvalue weighted by atomic mass is 127. The number of anilines is 7. The van der Waals surface area contributed by atoms with Crippen LogP contribution in [-0.2, 0) is 31.9 Å². The van der Waals surface area contributed by atoms with Gasteiger partial charge in [-0.1, -0.05) is 174 Å². The zero-order chi connectivity index (χ0) is 92.3. The van der Waals surface area contributed by atoms with Crippen molar-refractivity contribution >= 4 is 219 Å². The summed E-state index contributed by atoms with van der Waals surface area (Å²) in [5, 5.41) is 31.0. The minimum absolute atomic E-state index is 0. The van der Waals surface area contributed by atoms with E-state index < -0.39 is 5.24 Å². The molecule has 9 aromatic rings. The summed E-state index contributed by atoms with van der Waals surface area (Å²) in [5.41, 5.74) is 27.5. The number of hydrogen-bond donors (Lipinski definition) is 10. The van der Waals surface area contributed by atoms with Gasteiger partial charge in [0.2, 0.25) is 11.1 Å². The Labute approximate surface area is 824 Å². The molecule has 9 heterocycles. The number of thiazole rings is 2. The number of para-hydroxylation sites is 2. The summed E-state index contributed by atoms with van der Waals surface area (Å²) in [7, 11) is 0.